The average Bonchev–Trinajstić information content (AvgIpc) is 2.63. The van der Waals surface area contributed by atoms with E-state index in [4.69, 9.17) is 5.21 Å². The summed E-state index contributed by atoms with van der Waals surface area (Å²) < 4.78 is 1.31. The maximum atomic E-state index is 11.1. The molecule has 1 aromatic heterocycles. The number of thiophene rings is 1. The Labute approximate surface area is 84.1 Å². The Morgan fingerprint density at radius 1 is 1.69 bits per heavy atom. The number of amides is 1. The second-order valence-electron chi connectivity index (χ2n) is 2.92. The van der Waals surface area contributed by atoms with Crippen molar-refractivity contribution in [3.63, 3.8) is 0 Å². The van der Waals surface area contributed by atoms with E-state index in [0.29, 0.717) is 0 Å². The van der Waals surface area contributed by atoms with Crippen molar-refractivity contribution >= 4 is 29.0 Å². The molecule has 0 spiro atoms. The third-order valence-corrected chi connectivity index (χ3v) is 4.55. The van der Waals surface area contributed by atoms with Gasteiger partial charge in [0, 0.05) is 5.75 Å². The summed E-state index contributed by atoms with van der Waals surface area (Å²) in [7, 11) is 0. The van der Waals surface area contributed by atoms with E-state index in [2.05, 4.69) is 0 Å². The zero-order chi connectivity index (χ0) is 9.26. The summed E-state index contributed by atoms with van der Waals surface area (Å²) in [5.41, 5.74) is 2.94. The third-order valence-electron chi connectivity index (χ3n) is 2.07. The van der Waals surface area contributed by atoms with Crippen LogP contribution < -0.4 is 5.48 Å². The number of hydrogen-bond acceptors (Lipinski definition) is 4. The van der Waals surface area contributed by atoms with Gasteiger partial charge in [0.1, 0.15) is 0 Å². The van der Waals surface area contributed by atoms with E-state index in [1.54, 1.807) is 28.6 Å². The van der Waals surface area contributed by atoms with E-state index in [-0.39, 0.29) is 11.8 Å². The number of hydrogen-bond donors (Lipinski definition) is 2. The van der Waals surface area contributed by atoms with Gasteiger partial charge >= 0.3 is 0 Å². The molecule has 2 heterocycles. The second kappa shape index (κ2) is 3.69. The maximum absolute atomic E-state index is 11.1. The minimum atomic E-state index is -0.274. The lowest BCUT2D eigenvalue weighted by molar-refractivity contribution is -0.132. The Morgan fingerprint density at radius 2 is 2.54 bits per heavy atom. The van der Waals surface area contributed by atoms with Gasteiger partial charge in [-0.1, -0.05) is 0 Å². The molecular formula is C8H9NO2S2. The van der Waals surface area contributed by atoms with E-state index < -0.39 is 0 Å². The Hall–Kier alpha value is -0.520. The van der Waals surface area contributed by atoms with Crippen molar-refractivity contribution in [3.8, 4) is 0 Å². The summed E-state index contributed by atoms with van der Waals surface area (Å²) in [6.45, 7) is 0. The summed E-state index contributed by atoms with van der Waals surface area (Å²) in [5, 5.41) is 10.5. The van der Waals surface area contributed by atoms with Gasteiger partial charge in [-0.3, -0.25) is 10.0 Å². The normalized spacial score (nSPS) is 20.8. The average molecular weight is 215 g/mol. The molecule has 70 valence electrons. The van der Waals surface area contributed by atoms with Crippen LogP contribution >= 0.6 is 23.1 Å². The molecule has 1 atom stereocenters. The van der Waals surface area contributed by atoms with Gasteiger partial charge in [-0.15, -0.1) is 23.1 Å². The fourth-order valence-electron chi connectivity index (χ4n) is 1.36. The van der Waals surface area contributed by atoms with Crippen molar-refractivity contribution in [2.45, 2.75) is 10.6 Å². The van der Waals surface area contributed by atoms with Crippen molar-refractivity contribution in [2.24, 2.45) is 5.92 Å². The number of carbonyl (C=O) groups excluding carboxylic acids is 1. The SMILES string of the molecule is O=C(NO)C1CSc2sccc2C1. The van der Waals surface area contributed by atoms with Crippen LogP contribution in [0.2, 0.25) is 0 Å². The summed E-state index contributed by atoms with van der Waals surface area (Å²) in [6, 6.07) is 2.05. The fraction of sp³-hybridized carbons (Fsp3) is 0.375. The van der Waals surface area contributed by atoms with Gasteiger partial charge in [-0.2, -0.15) is 0 Å². The first kappa shape index (κ1) is 9.05. The Morgan fingerprint density at radius 3 is 3.31 bits per heavy atom. The summed E-state index contributed by atoms with van der Waals surface area (Å²) in [6.07, 6.45) is 0.748. The van der Waals surface area contributed by atoms with Crippen LogP contribution in [-0.2, 0) is 11.2 Å². The number of fused-ring (bicyclic) bond motifs is 1. The van der Waals surface area contributed by atoms with Gasteiger partial charge < -0.3 is 0 Å². The van der Waals surface area contributed by atoms with Crippen molar-refractivity contribution in [1.82, 2.24) is 5.48 Å². The van der Waals surface area contributed by atoms with Crippen LogP contribution in [0.25, 0.3) is 0 Å². The van der Waals surface area contributed by atoms with Gasteiger partial charge in [0.05, 0.1) is 10.1 Å². The van der Waals surface area contributed by atoms with Crippen LogP contribution in [0, 0.1) is 5.92 Å². The summed E-state index contributed by atoms with van der Waals surface area (Å²) in [4.78, 5) is 11.1. The van der Waals surface area contributed by atoms with E-state index in [1.807, 2.05) is 11.4 Å². The number of hydroxylamine groups is 1. The van der Waals surface area contributed by atoms with E-state index in [9.17, 15) is 4.79 Å². The molecule has 1 aliphatic rings. The Kier molecular flexibility index (Phi) is 2.57. The Bertz CT molecular complexity index is 324. The van der Waals surface area contributed by atoms with Crippen molar-refractivity contribution in [1.29, 1.82) is 0 Å². The second-order valence-corrected chi connectivity index (χ2v) is 5.13. The quantitative estimate of drug-likeness (QED) is 0.551. The predicted octanol–water partition coefficient (Wildman–Crippen LogP) is 1.52. The van der Waals surface area contributed by atoms with Crippen molar-refractivity contribution in [2.75, 3.05) is 5.75 Å². The molecule has 0 aliphatic carbocycles. The Balaban J connectivity index is 2.13. The molecular weight excluding hydrogens is 206 g/mol. The zero-order valence-corrected chi connectivity index (χ0v) is 8.45. The monoisotopic (exact) mass is 215 g/mol. The molecule has 0 saturated carbocycles. The zero-order valence-electron chi connectivity index (χ0n) is 6.82. The fourth-order valence-corrected chi connectivity index (χ4v) is 3.62. The highest BCUT2D eigenvalue weighted by atomic mass is 32.2. The topological polar surface area (TPSA) is 49.3 Å². The minimum Gasteiger partial charge on any atom is -0.289 e. The molecule has 5 heteroatoms. The smallest absolute Gasteiger partial charge is 0.247 e. The van der Waals surface area contributed by atoms with Crippen LogP contribution in [0.15, 0.2) is 15.7 Å². The summed E-state index contributed by atoms with van der Waals surface area (Å²) in [5.74, 6) is 0.404. The summed E-state index contributed by atoms with van der Waals surface area (Å²) >= 11 is 3.41. The molecule has 13 heavy (non-hydrogen) atoms. The van der Waals surface area contributed by atoms with Crippen LogP contribution in [0.1, 0.15) is 5.56 Å². The van der Waals surface area contributed by atoms with Gasteiger partial charge in [0.15, 0.2) is 0 Å². The van der Waals surface area contributed by atoms with Crippen molar-refractivity contribution < 1.29 is 10.0 Å². The van der Waals surface area contributed by atoms with E-state index >= 15 is 0 Å². The molecule has 0 saturated heterocycles. The highest BCUT2D eigenvalue weighted by Crippen LogP contribution is 2.36. The lowest BCUT2D eigenvalue weighted by Crippen LogP contribution is -2.32. The molecule has 0 radical (unpaired) electrons. The van der Waals surface area contributed by atoms with E-state index in [0.717, 1.165) is 12.2 Å². The van der Waals surface area contributed by atoms with Crippen LogP contribution in [0.5, 0.6) is 0 Å². The minimum absolute atomic E-state index is 0.0860. The first-order valence-electron chi connectivity index (χ1n) is 3.94. The molecule has 0 bridgehead atoms. The maximum Gasteiger partial charge on any atom is 0.247 e. The first-order valence-corrected chi connectivity index (χ1v) is 5.81. The molecule has 1 unspecified atom stereocenters. The molecule has 2 N–H and O–H groups in total. The predicted molar refractivity (Wildman–Crippen MR) is 52.2 cm³/mol. The lowest BCUT2D eigenvalue weighted by Gasteiger charge is -2.19. The molecule has 2 rings (SSSR count). The number of thioether (sulfide) groups is 1. The van der Waals surface area contributed by atoms with E-state index in [1.165, 1.54) is 9.77 Å². The first-order chi connectivity index (χ1) is 6.31. The van der Waals surface area contributed by atoms with Crippen LogP contribution in [-0.4, -0.2) is 16.9 Å². The molecule has 0 fully saturated rings. The van der Waals surface area contributed by atoms with Gasteiger partial charge in [0.25, 0.3) is 0 Å². The number of carbonyl (C=O) groups is 1. The molecule has 1 amide bonds. The highest BCUT2D eigenvalue weighted by Gasteiger charge is 2.25. The number of nitrogens with one attached hydrogen (secondary N) is 1. The van der Waals surface area contributed by atoms with Crippen LogP contribution in [0.3, 0.4) is 0 Å². The molecule has 3 nitrogen and oxygen atoms in total. The third kappa shape index (κ3) is 1.72. The van der Waals surface area contributed by atoms with Crippen molar-refractivity contribution in [3.05, 3.63) is 17.0 Å². The van der Waals surface area contributed by atoms with Gasteiger partial charge in [0.2, 0.25) is 5.91 Å². The lowest BCUT2D eigenvalue weighted by atomic mass is 10.0. The van der Waals surface area contributed by atoms with Gasteiger partial charge in [-0.25, -0.2) is 5.48 Å². The largest absolute Gasteiger partial charge is 0.289 e. The highest BCUT2D eigenvalue weighted by molar-refractivity contribution is 8.01. The van der Waals surface area contributed by atoms with Gasteiger partial charge in [-0.05, 0) is 23.4 Å². The van der Waals surface area contributed by atoms with Crippen LogP contribution in [0.4, 0.5) is 0 Å². The molecule has 1 aliphatic heterocycles. The standard InChI is InChI=1S/C8H9NO2S2/c10-7(9-11)6-3-5-1-2-12-8(5)13-4-6/h1-2,6,11H,3-4H2,(H,9,10). The number of rotatable bonds is 1. The molecule has 0 aromatic carbocycles. The molecule has 1 aromatic rings.